The third-order valence-electron chi connectivity index (χ3n) is 5.95. The highest BCUT2D eigenvalue weighted by molar-refractivity contribution is 5.96. The molecule has 3 heterocycles. The van der Waals surface area contributed by atoms with Gasteiger partial charge in [0.1, 0.15) is 6.17 Å². The lowest BCUT2D eigenvalue weighted by Gasteiger charge is -2.36. The van der Waals surface area contributed by atoms with Crippen molar-refractivity contribution in [3.63, 3.8) is 0 Å². The minimum Gasteiger partial charge on any atom is -0.338 e. The summed E-state index contributed by atoms with van der Waals surface area (Å²) in [6.45, 7) is 1.49. The largest absolute Gasteiger partial charge is 0.338 e. The molecular weight excluding hydrogens is 354 g/mol. The van der Waals surface area contributed by atoms with Crippen LogP contribution in [0, 0.1) is 5.92 Å². The maximum atomic E-state index is 13.4. The number of hydrogen-bond donors (Lipinski definition) is 6. The topological polar surface area (TPSA) is 92.5 Å². The van der Waals surface area contributed by atoms with Gasteiger partial charge >= 0.3 is 0 Å². The van der Waals surface area contributed by atoms with E-state index >= 15 is 0 Å². The van der Waals surface area contributed by atoms with Crippen LogP contribution in [0.4, 0.5) is 0 Å². The van der Waals surface area contributed by atoms with Crippen LogP contribution < -0.4 is 32.8 Å². The molecule has 5 rings (SSSR count). The molecule has 28 heavy (non-hydrogen) atoms. The van der Waals surface area contributed by atoms with Gasteiger partial charge in [-0.25, -0.2) is 16.3 Å². The number of likely N-dealkylation sites (tertiary alicyclic amines) is 1. The molecule has 3 unspecified atom stereocenters. The second kappa shape index (κ2) is 7.59. The number of amides is 1. The van der Waals surface area contributed by atoms with Gasteiger partial charge in [-0.05, 0) is 23.6 Å². The zero-order chi connectivity index (χ0) is 18.9. The Labute approximate surface area is 163 Å². The lowest BCUT2D eigenvalue weighted by atomic mass is 9.85. The summed E-state index contributed by atoms with van der Waals surface area (Å²) in [4.78, 5) is 15.4. The Morgan fingerprint density at radius 2 is 1.64 bits per heavy atom. The molecule has 6 N–H and O–H groups in total. The van der Waals surface area contributed by atoms with Crippen molar-refractivity contribution in [1.29, 1.82) is 0 Å². The summed E-state index contributed by atoms with van der Waals surface area (Å²) in [5, 5.41) is 0. The number of rotatable bonds is 3. The van der Waals surface area contributed by atoms with Crippen LogP contribution in [0.5, 0.6) is 0 Å². The SMILES string of the molecule is O=C(c1ccccc1C1NNNN1)N1CCC2NNC(c3ccccc3)C2C1. The molecule has 2 aromatic carbocycles. The molecule has 0 aliphatic carbocycles. The van der Waals surface area contributed by atoms with Crippen LogP contribution in [0.3, 0.4) is 0 Å². The van der Waals surface area contributed by atoms with Gasteiger partial charge in [-0.1, -0.05) is 48.5 Å². The highest BCUT2D eigenvalue weighted by atomic mass is 16.2. The zero-order valence-electron chi connectivity index (χ0n) is 15.5. The van der Waals surface area contributed by atoms with E-state index in [4.69, 9.17) is 0 Å². The zero-order valence-corrected chi connectivity index (χ0v) is 15.5. The highest BCUT2D eigenvalue weighted by Gasteiger charge is 2.42. The smallest absolute Gasteiger partial charge is 0.254 e. The normalized spacial score (nSPS) is 27.7. The van der Waals surface area contributed by atoms with Crippen LogP contribution in [0.1, 0.15) is 40.1 Å². The Balaban J connectivity index is 1.37. The van der Waals surface area contributed by atoms with Crippen molar-refractivity contribution in [3.8, 4) is 0 Å². The van der Waals surface area contributed by atoms with Crippen LogP contribution in [0.25, 0.3) is 0 Å². The minimum atomic E-state index is -0.162. The van der Waals surface area contributed by atoms with Gasteiger partial charge in [0, 0.05) is 30.6 Å². The number of carbonyl (C=O) groups excluding carboxylic acids is 1. The molecule has 0 bridgehead atoms. The molecule has 0 radical (unpaired) electrons. The molecule has 3 fully saturated rings. The monoisotopic (exact) mass is 379 g/mol. The molecule has 8 heteroatoms. The number of benzene rings is 2. The Morgan fingerprint density at radius 3 is 2.46 bits per heavy atom. The van der Waals surface area contributed by atoms with E-state index in [0.717, 1.165) is 30.6 Å². The van der Waals surface area contributed by atoms with Gasteiger partial charge in [-0.2, -0.15) is 11.1 Å². The molecular formula is C20H25N7O. The maximum Gasteiger partial charge on any atom is 0.254 e. The van der Waals surface area contributed by atoms with Crippen LogP contribution in [-0.2, 0) is 0 Å². The molecule has 0 saturated carbocycles. The first kappa shape index (κ1) is 17.7. The van der Waals surface area contributed by atoms with Crippen LogP contribution in [0.2, 0.25) is 0 Å². The first-order valence-corrected chi connectivity index (χ1v) is 9.76. The predicted molar refractivity (Wildman–Crippen MR) is 105 cm³/mol. The predicted octanol–water partition coefficient (Wildman–Crippen LogP) is 0.482. The van der Waals surface area contributed by atoms with Crippen molar-refractivity contribution in [2.75, 3.05) is 13.1 Å². The van der Waals surface area contributed by atoms with Crippen molar-refractivity contribution in [2.24, 2.45) is 5.92 Å². The molecule has 3 aliphatic heterocycles. The molecule has 0 spiro atoms. The summed E-state index contributed by atoms with van der Waals surface area (Å²) in [5.41, 5.74) is 21.6. The average Bonchev–Trinajstić information content (AvgIpc) is 3.43. The van der Waals surface area contributed by atoms with Crippen molar-refractivity contribution < 1.29 is 4.79 Å². The molecule has 146 valence electrons. The van der Waals surface area contributed by atoms with Gasteiger partial charge in [-0.15, -0.1) is 0 Å². The summed E-state index contributed by atoms with van der Waals surface area (Å²) < 4.78 is 0. The van der Waals surface area contributed by atoms with Gasteiger partial charge in [0.2, 0.25) is 0 Å². The number of fused-ring (bicyclic) bond motifs is 1. The van der Waals surface area contributed by atoms with Gasteiger partial charge in [0.25, 0.3) is 5.91 Å². The fraction of sp³-hybridized carbons (Fsp3) is 0.350. The minimum absolute atomic E-state index is 0.0864. The number of hydrazine groups is 4. The van der Waals surface area contributed by atoms with Crippen LogP contribution in [-0.4, -0.2) is 29.9 Å². The maximum absolute atomic E-state index is 13.4. The third-order valence-corrected chi connectivity index (χ3v) is 5.95. The van der Waals surface area contributed by atoms with E-state index in [9.17, 15) is 4.79 Å². The standard InChI is InChI=1S/C20H25N7O/c28-20(15-9-5-4-8-14(15)19-23-25-26-24-19)27-11-10-17-16(12-27)18(22-21-17)13-6-2-1-3-7-13/h1-9,16-19,21-26H,10-12H2. The van der Waals surface area contributed by atoms with E-state index in [2.05, 4.69) is 57.0 Å². The number of nitrogens with zero attached hydrogens (tertiary/aromatic N) is 1. The first-order chi connectivity index (χ1) is 13.8. The Kier molecular flexibility index (Phi) is 4.81. The van der Waals surface area contributed by atoms with Crippen molar-refractivity contribution in [1.82, 2.24) is 37.7 Å². The third kappa shape index (κ3) is 3.20. The molecule has 8 nitrogen and oxygen atoms in total. The van der Waals surface area contributed by atoms with E-state index < -0.39 is 0 Å². The fourth-order valence-corrected chi connectivity index (χ4v) is 4.50. The van der Waals surface area contributed by atoms with Crippen molar-refractivity contribution in [2.45, 2.75) is 24.7 Å². The summed E-state index contributed by atoms with van der Waals surface area (Å²) >= 11 is 0. The lowest BCUT2D eigenvalue weighted by Crippen LogP contribution is -2.48. The molecule has 0 aromatic heterocycles. The number of nitrogens with one attached hydrogen (secondary N) is 6. The molecule has 1 amide bonds. The van der Waals surface area contributed by atoms with Gasteiger partial charge in [-0.3, -0.25) is 10.2 Å². The second-order valence-corrected chi connectivity index (χ2v) is 7.55. The van der Waals surface area contributed by atoms with Gasteiger partial charge in [0.05, 0.1) is 6.04 Å². The van der Waals surface area contributed by atoms with Gasteiger partial charge in [0.15, 0.2) is 0 Å². The van der Waals surface area contributed by atoms with Crippen molar-refractivity contribution >= 4 is 5.91 Å². The van der Waals surface area contributed by atoms with E-state index in [0.29, 0.717) is 12.0 Å². The average molecular weight is 379 g/mol. The van der Waals surface area contributed by atoms with E-state index in [1.807, 2.05) is 35.2 Å². The van der Waals surface area contributed by atoms with Crippen molar-refractivity contribution in [3.05, 3.63) is 71.3 Å². The van der Waals surface area contributed by atoms with Crippen LogP contribution >= 0.6 is 0 Å². The van der Waals surface area contributed by atoms with E-state index in [1.165, 1.54) is 5.56 Å². The summed E-state index contributed by atoms with van der Waals surface area (Å²) in [7, 11) is 0. The quantitative estimate of drug-likeness (QED) is 0.462. The second-order valence-electron chi connectivity index (χ2n) is 7.55. The Morgan fingerprint density at radius 1 is 0.893 bits per heavy atom. The lowest BCUT2D eigenvalue weighted by molar-refractivity contribution is 0.0650. The Hall–Kier alpha value is -2.33. The summed E-state index contributed by atoms with van der Waals surface area (Å²) in [6.07, 6.45) is 0.780. The molecule has 3 aliphatic rings. The van der Waals surface area contributed by atoms with E-state index in [-0.39, 0.29) is 18.1 Å². The molecule has 3 saturated heterocycles. The fourth-order valence-electron chi connectivity index (χ4n) is 4.50. The summed E-state index contributed by atoms with van der Waals surface area (Å²) in [5.74, 6) is 0.432. The Bertz CT molecular complexity index is 839. The van der Waals surface area contributed by atoms with E-state index in [1.54, 1.807) is 0 Å². The highest BCUT2D eigenvalue weighted by Crippen LogP contribution is 2.34. The summed E-state index contributed by atoms with van der Waals surface area (Å²) in [6, 6.07) is 18.8. The van der Waals surface area contributed by atoms with Gasteiger partial charge < -0.3 is 4.90 Å². The van der Waals surface area contributed by atoms with Crippen LogP contribution in [0.15, 0.2) is 54.6 Å². The number of hydrogen-bond acceptors (Lipinski definition) is 7. The number of piperidine rings is 1. The molecule has 2 aromatic rings. The number of carbonyl (C=O) groups is 1. The first-order valence-electron chi connectivity index (χ1n) is 9.76. The molecule has 3 atom stereocenters.